The lowest BCUT2D eigenvalue weighted by Crippen LogP contribution is -2.18. The van der Waals surface area contributed by atoms with Gasteiger partial charge in [0.05, 0.1) is 24.1 Å². The summed E-state index contributed by atoms with van der Waals surface area (Å²) in [5, 5.41) is 5.01. The number of hydrogen-bond donors (Lipinski definition) is 3. The zero-order valence-corrected chi connectivity index (χ0v) is 17.4. The molecule has 0 unspecified atom stereocenters. The Morgan fingerprint density at radius 1 is 1.03 bits per heavy atom. The summed E-state index contributed by atoms with van der Waals surface area (Å²) in [4.78, 5) is 24.0. The van der Waals surface area contributed by atoms with Crippen LogP contribution in [-0.2, 0) is 19.6 Å². The SMILES string of the molecule is COCCOc1ccc(NC(=O)c2cc(NC(C)=O)ccc2NS(C)(=O)=O)cc1F. The van der Waals surface area contributed by atoms with Crippen molar-refractivity contribution in [3.8, 4) is 5.75 Å². The minimum Gasteiger partial charge on any atom is -0.488 e. The van der Waals surface area contributed by atoms with Crippen LogP contribution >= 0.6 is 0 Å². The van der Waals surface area contributed by atoms with Crippen molar-refractivity contribution in [3.05, 3.63) is 47.8 Å². The third-order valence-electron chi connectivity index (χ3n) is 3.61. The number of halogens is 1. The second kappa shape index (κ2) is 10.0. The fraction of sp³-hybridized carbons (Fsp3) is 0.263. The Kier molecular flexibility index (Phi) is 7.72. The van der Waals surface area contributed by atoms with E-state index in [1.54, 1.807) is 0 Å². The van der Waals surface area contributed by atoms with Crippen molar-refractivity contribution in [2.75, 3.05) is 41.9 Å². The highest BCUT2D eigenvalue weighted by molar-refractivity contribution is 7.92. The molecule has 0 aliphatic carbocycles. The molecule has 2 aromatic rings. The van der Waals surface area contributed by atoms with Crippen LogP contribution in [0.5, 0.6) is 5.75 Å². The van der Waals surface area contributed by atoms with Crippen molar-refractivity contribution in [3.63, 3.8) is 0 Å². The Morgan fingerprint density at radius 3 is 2.30 bits per heavy atom. The lowest BCUT2D eigenvalue weighted by Gasteiger charge is -2.14. The number of carbonyl (C=O) groups is 2. The van der Waals surface area contributed by atoms with Crippen LogP contribution in [0, 0.1) is 5.82 Å². The third-order valence-corrected chi connectivity index (χ3v) is 4.21. The van der Waals surface area contributed by atoms with Crippen molar-refractivity contribution < 1.29 is 31.9 Å². The highest BCUT2D eigenvalue weighted by atomic mass is 32.2. The molecule has 0 saturated heterocycles. The molecule has 0 fully saturated rings. The number of methoxy groups -OCH3 is 1. The predicted octanol–water partition coefficient (Wildman–Crippen LogP) is 2.43. The van der Waals surface area contributed by atoms with Crippen molar-refractivity contribution in [2.45, 2.75) is 6.92 Å². The number of amides is 2. The molecule has 0 heterocycles. The lowest BCUT2D eigenvalue weighted by atomic mass is 10.1. The van der Waals surface area contributed by atoms with Gasteiger partial charge in [-0.15, -0.1) is 0 Å². The van der Waals surface area contributed by atoms with Crippen molar-refractivity contribution in [1.29, 1.82) is 0 Å². The molecule has 0 spiro atoms. The number of carbonyl (C=O) groups excluding carboxylic acids is 2. The molecule has 0 atom stereocenters. The molecular weight excluding hydrogens is 417 g/mol. The molecule has 9 nitrogen and oxygen atoms in total. The van der Waals surface area contributed by atoms with Crippen LogP contribution in [0.2, 0.25) is 0 Å². The van der Waals surface area contributed by atoms with Crippen LogP contribution in [0.25, 0.3) is 0 Å². The number of nitrogens with one attached hydrogen (secondary N) is 3. The molecule has 2 rings (SSSR count). The largest absolute Gasteiger partial charge is 0.488 e. The molecule has 11 heteroatoms. The van der Waals surface area contributed by atoms with Crippen molar-refractivity contribution in [1.82, 2.24) is 0 Å². The van der Waals surface area contributed by atoms with E-state index < -0.39 is 21.7 Å². The van der Waals surface area contributed by atoms with Crippen LogP contribution in [0.15, 0.2) is 36.4 Å². The molecule has 2 amide bonds. The molecule has 0 radical (unpaired) electrons. The summed E-state index contributed by atoms with van der Waals surface area (Å²) in [7, 11) is -2.18. The van der Waals surface area contributed by atoms with E-state index in [2.05, 4.69) is 15.4 Å². The maximum atomic E-state index is 14.2. The number of ether oxygens (including phenoxy) is 2. The van der Waals surface area contributed by atoms with Gasteiger partial charge in [0.2, 0.25) is 15.9 Å². The number of benzene rings is 2. The van der Waals surface area contributed by atoms with Gasteiger partial charge in [-0.25, -0.2) is 12.8 Å². The molecule has 30 heavy (non-hydrogen) atoms. The zero-order chi connectivity index (χ0) is 22.3. The Balaban J connectivity index is 2.27. The third kappa shape index (κ3) is 7.01. The van der Waals surface area contributed by atoms with E-state index in [0.29, 0.717) is 12.3 Å². The Bertz CT molecular complexity index is 1040. The summed E-state index contributed by atoms with van der Waals surface area (Å²) in [5.41, 5.74) is 0.364. The number of rotatable bonds is 9. The lowest BCUT2D eigenvalue weighted by molar-refractivity contribution is -0.114. The van der Waals surface area contributed by atoms with Gasteiger partial charge < -0.3 is 20.1 Å². The van der Waals surface area contributed by atoms with Crippen LogP contribution in [0.1, 0.15) is 17.3 Å². The second-order valence-corrected chi connectivity index (χ2v) is 8.00. The first-order valence-electron chi connectivity index (χ1n) is 8.71. The van der Waals surface area contributed by atoms with Crippen molar-refractivity contribution in [2.24, 2.45) is 0 Å². The average Bonchev–Trinajstić information content (AvgIpc) is 2.63. The van der Waals surface area contributed by atoms with Gasteiger partial charge in [-0.2, -0.15) is 0 Å². The first-order chi connectivity index (χ1) is 14.1. The van der Waals surface area contributed by atoms with E-state index >= 15 is 0 Å². The minimum atomic E-state index is -3.67. The van der Waals surface area contributed by atoms with Crippen LogP contribution in [0.4, 0.5) is 21.5 Å². The maximum Gasteiger partial charge on any atom is 0.257 e. The Morgan fingerprint density at radius 2 is 1.70 bits per heavy atom. The van der Waals surface area contributed by atoms with Crippen LogP contribution in [0.3, 0.4) is 0 Å². The molecule has 0 aromatic heterocycles. The van der Waals surface area contributed by atoms with E-state index in [-0.39, 0.29) is 35.2 Å². The summed E-state index contributed by atoms with van der Waals surface area (Å²) >= 11 is 0. The summed E-state index contributed by atoms with van der Waals surface area (Å²) in [6, 6.07) is 7.95. The van der Waals surface area contributed by atoms with Gasteiger partial charge in [0.1, 0.15) is 6.61 Å². The van der Waals surface area contributed by atoms with Crippen LogP contribution < -0.4 is 20.1 Å². The van der Waals surface area contributed by atoms with E-state index in [4.69, 9.17) is 9.47 Å². The standard InChI is InChI=1S/C19H22FN3O6S/c1-12(24)21-13-4-6-17(23-30(3,26)27)15(10-13)19(25)22-14-5-7-18(16(20)11-14)29-9-8-28-2/h4-7,10-11,23H,8-9H2,1-3H3,(H,21,24)(H,22,25). The first kappa shape index (κ1) is 23.1. The van der Waals surface area contributed by atoms with Gasteiger partial charge >= 0.3 is 0 Å². The first-order valence-corrected chi connectivity index (χ1v) is 10.6. The van der Waals surface area contributed by atoms with Gasteiger partial charge in [0, 0.05) is 31.5 Å². The quantitative estimate of drug-likeness (QED) is 0.516. The molecule has 3 N–H and O–H groups in total. The molecular formula is C19H22FN3O6S. The van der Waals surface area contributed by atoms with E-state index in [1.807, 2.05) is 0 Å². The fourth-order valence-electron chi connectivity index (χ4n) is 2.43. The molecule has 0 aliphatic heterocycles. The average molecular weight is 439 g/mol. The molecule has 0 aliphatic rings. The second-order valence-electron chi connectivity index (χ2n) is 6.26. The van der Waals surface area contributed by atoms with Crippen molar-refractivity contribution >= 4 is 38.9 Å². The minimum absolute atomic E-state index is 0.00265. The monoisotopic (exact) mass is 439 g/mol. The Hall–Kier alpha value is -3.18. The maximum absolute atomic E-state index is 14.2. The summed E-state index contributed by atoms with van der Waals surface area (Å²) in [6.07, 6.45) is 0.939. The van der Waals surface area contributed by atoms with Gasteiger partial charge in [0.15, 0.2) is 11.6 Å². The highest BCUT2D eigenvalue weighted by Crippen LogP contribution is 2.25. The Labute approximate surface area is 173 Å². The van der Waals surface area contributed by atoms with Gasteiger partial charge in [-0.05, 0) is 30.3 Å². The highest BCUT2D eigenvalue weighted by Gasteiger charge is 2.17. The molecule has 0 saturated carbocycles. The van der Waals surface area contributed by atoms with E-state index in [9.17, 15) is 22.4 Å². The fourth-order valence-corrected chi connectivity index (χ4v) is 3.01. The van der Waals surface area contributed by atoms with E-state index in [0.717, 1.165) is 12.3 Å². The summed E-state index contributed by atoms with van der Waals surface area (Å²) in [5.74, 6) is -1.76. The van der Waals surface area contributed by atoms with Crippen LogP contribution in [-0.4, -0.2) is 46.8 Å². The number of hydrogen-bond acceptors (Lipinski definition) is 6. The number of sulfonamides is 1. The molecule has 162 valence electrons. The van der Waals surface area contributed by atoms with Gasteiger partial charge in [-0.3, -0.25) is 14.3 Å². The normalized spacial score (nSPS) is 10.9. The summed E-state index contributed by atoms with van der Waals surface area (Å²) < 4.78 is 49.7. The molecule has 0 bridgehead atoms. The number of anilines is 3. The zero-order valence-electron chi connectivity index (χ0n) is 16.6. The summed E-state index contributed by atoms with van der Waals surface area (Å²) in [6.45, 7) is 1.75. The smallest absolute Gasteiger partial charge is 0.257 e. The molecule has 2 aromatic carbocycles. The predicted molar refractivity (Wildman–Crippen MR) is 111 cm³/mol. The topological polar surface area (TPSA) is 123 Å². The van der Waals surface area contributed by atoms with Gasteiger partial charge in [-0.1, -0.05) is 0 Å². The van der Waals surface area contributed by atoms with E-state index in [1.165, 1.54) is 44.4 Å². The van der Waals surface area contributed by atoms with Gasteiger partial charge in [0.25, 0.3) is 5.91 Å².